The molecule has 1 fully saturated rings. The maximum atomic E-state index is 13.2. The van der Waals surface area contributed by atoms with Gasteiger partial charge in [0.1, 0.15) is 18.1 Å². The van der Waals surface area contributed by atoms with Crippen LogP contribution in [-0.4, -0.2) is 44.4 Å². The van der Waals surface area contributed by atoms with Crippen molar-refractivity contribution in [2.24, 2.45) is 0 Å². The van der Waals surface area contributed by atoms with Crippen LogP contribution in [-0.2, 0) is 16.1 Å². The summed E-state index contributed by atoms with van der Waals surface area (Å²) in [5.74, 6) is -0.951. The SMILES string of the molecule is C=CCOc1cccc(C2/C(=C(\O)c3ccc(Br)cc3)C(=O)C(=O)N2CCCn2ccnc2)c1. The topological polar surface area (TPSA) is 84.7 Å². The van der Waals surface area contributed by atoms with E-state index in [9.17, 15) is 14.7 Å². The second-order valence-corrected chi connectivity index (χ2v) is 8.74. The zero-order chi connectivity index (χ0) is 24.1. The average Bonchev–Trinajstić information content (AvgIpc) is 3.45. The van der Waals surface area contributed by atoms with Crippen molar-refractivity contribution in [1.29, 1.82) is 0 Å². The summed E-state index contributed by atoms with van der Waals surface area (Å²) in [5.41, 5.74) is 1.21. The van der Waals surface area contributed by atoms with Gasteiger partial charge in [0.2, 0.25) is 0 Å². The molecule has 1 saturated heterocycles. The van der Waals surface area contributed by atoms with Crippen molar-refractivity contribution in [3.63, 3.8) is 0 Å². The number of aliphatic hydroxyl groups excluding tert-OH is 1. The number of ketones is 1. The van der Waals surface area contributed by atoms with Crippen molar-refractivity contribution in [2.45, 2.75) is 19.0 Å². The van der Waals surface area contributed by atoms with E-state index in [0.29, 0.717) is 43.0 Å². The molecule has 7 nitrogen and oxygen atoms in total. The number of halogens is 1. The van der Waals surface area contributed by atoms with Crippen molar-refractivity contribution in [3.05, 3.63) is 101 Å². The number of likely N-dealkylation sites (tertiary alicyclic amines) is 1. The number of aromatic nitrogens is 2. The first-order valence-electron chi connectivity index (χ1n) is 10.8. The summed E-state index contributed by atoms with van der Waals surface area (Å²) in [6.45, 7) is 4.97. The van der Waals surface area contributed by atoms with Gasteiger partial charge in [0.15, 0.2) is 0 Å². The van der Waals surface area contributed by atoms with Crippen molar-refractivity contribution >= 4 is 33.4 Å². The Balaban J connectivity index is 1.73. The molecule has 34 heavy (non-hydrogen) atoms. The number of ether oxygens (including phenoxy) is 1. The van der Waals surface area contributed by atoms with E-state index in [2.05, 4.69) is 27.5 Å². The van der Waals surface area contributed by atoms with Crippen LogP contribution in [0.1, 0.15) is 23.6 Å². The first-order chi connectivity index (χ1) is 16.5. The second-order valence-electron chi connectivity index (χ2n) is 7.83. The van der Waals surface area contributed by atoms with Crippen LogP contribution in [0.25, 0.3) is 5.76 Å². The third-order valence-electron chi connectivity index (χ3n) is 5.57. The molecule has 1 aliphatic heterocycles. The van der Waals surface area contributed by atoms with Crippen LogP contribution in [0.2, 0.25) is 0 Å². The van der Waals surface area contributed by atoms with E-state index >= 15 is 0 Å². The first-order valence-corrected chi connectivity index (χ1v) is 11.6. The van der Waals surface area contributed by atoms with Crippen LogP contribution in [0, 0.1) is 0 Å². The van der Waals surface area contributed by atoms with E-state index in [4.69, 9.17) is 4.74 Å². The summed E-state index contributed by atoms with van der Waals surface area (Å²) in [6, 6.07) is 13.4. The standard InChI is InChI=1S/C26H24BrN3O4/c1-2-15-34-21-6-3-5-19(16-21)23-22(24(31)18-7-9-20(27)10-8-18)25(32)26(33)30(23)13-4-12-29-14-11-28-17-29/h2-3,5-11,14,16-17,23,31H,1,4,12-13,15H2/b24-22+. The number of amides is 1. The van der Waals surface area contributed by atoms with Gasteiger partial charge in [-0.2, -0.15) is 0 Å². The predicted molar refractivity (Wildman–Crippen MR) is 132 cm³/mol. The minimum atomic E-state index is -0.737. The van der Waals surface area contributed by atoms with Crippen LogP contribution < -0.4 is 4.74 Å². The lowest BCUT2D eigenvalue weighted by Gasteiger charge is -2.25. The number of carbonyl (C=O) groups excluding carboxylic acids is 2. The Morgan fingerprint density at radius 1 is 1.18 bits per heavy atom. The summed E-state index contributed by atoms with van der Waals surface area (Å²) in [4.78, 5) is 31.8. The number of rotatable bonds is 9. The maximum Gasteiger partial charge on any atom is 0.295 e. The monoisotopic (exact) mass is 521 g/mol. The smallest absolute Gasteiger partial charge is 0.295 e. The van der Waals surface area contributed by atoms with Gasteiger partial charge < -0.3 is 19.3 Å². The number of benzene rings is 2. The van der Waals surface area contributed by atoms with E-state index in [1.807, 2.05) is 16.8 Å². The molecule has 174 valence electrons. The molecule has 1 N–H and O–H groups in total. The van der Waals surface area contributed by atoms with Gasteiger partial charge in [0.05, 0.1) is 17.9 Å². The number of nitrogens with zero attached hydrogens (tertiary/aromatic N) is 3. The molecule has 0 radical (unpaired) electrons. The number of aryl methyl sites for hydroxylation is 1. The quantitative estimate of drug-likeness (QED) is 0.190. The van der Waals surface area contributed by atoms with Gasteiger partial charge in [0, 0.05) is 35.5 Å². The maximum absolute atomic E-state index is 13.2. The molecular formula is C26H24BrN3O4. The molecular weight excluding hydrogens is 498 g/mol. The molecule has 3 aromatic rings. The molecule has 4 rings (SSSR count). The fraction of sp³-hybridized carbons (Fsp3) is 0.192. The summed E-state index contributed by atoms with van der Waals surface area (Å²) in [5, 5.41) is 11.1. The number of carbonyl (C=O) groups is 2. The number of imidazole rings is 1. The second kappa shape index (κ2) is 10.5. The average molecular weight is 522 g/mol. The van der Waals surface area contributed by atoms with Gasteiger partial charge in [-0.3, -0.25) is 9.59 Å². The van der Waals surface area contributed by atoms with Crippen LogP contribution in [0.3, 0.4) is 0 Å². The highest BCUT2D eigenvalue weighted by Crippen LogP contribution is 2.40. The van der Waals surface area contributed by atoms with Crippen LogP contribution in [0.5, 0.6) is 5.75 Å². The number of Topliss-reactive ketones (excluding diaryl/α,β-unsaturated/α-hetero) is 1. The van der Waals surface area contributed by atoms with Crippen molar-refractivity contribution < 1.29 is 19.4 Å². The lowest BCUT2D eigenvalue weighted by Crippen LogP contribution is -2.31. The highest BCUT2D eigenvalue weighted by Gasteiger charge is 2.45. The first kappa shape index (κ1) is 23.5. The van der Waals surface area contributed by atoms with Crippen LogP contribution >= 0.6 is 15.9 Å². The van der Waals surface area contributed by atoms with E-state index < -0.39 is 17.7 Å². The molecule has 2 heterocycles. The molecule has 1 atom stereocenters. The van der Waals surface area contributed by atoms with E-state index in [-0.39, 0.29) is 11.3 Å². The Bertz CT molecular complexity index is 1220. The lowest BCUT2D eigenvalue weighted by atomic mass is 9.95. The Kier molecular flexibility index (Phi) is 7.27. The summed E-state index contributed by atoms with van der Waals surface area (Å²) in [7, 11) is 0. The van der Waals surface area contributed by atoms with E-state index in [1.165, 1.54) is 4.90 Å². The molecule has 1 aliphatic rings. The van der Waals surface area contributed by atoms with E-state index in [0.717, 1.165) is 4.47 Å². The van der Waals surface area contributed by atoms with Gasteiger partial charge in [-0.25, -0.2) is 4.98 Å². The fourth-order valence-electron chi connectivity index (χ4n) is 3.99. The Hall–Kier alpha value is -3.65. The van der Waals surface area contributed by atoms with Crippen LogP contribution in [0.4, 0.5) is 0 Å². The summed E-state index contributed by atoms with van der Waals surface area (Å²) >= 11 is 3.38. The van der Waals surface area contributed by atoms with Crippen molar-refractivity contribution in [1.82, 2.24) is 14.5 Å². The zero-order valence-corrected chi connectivity index (χ0v) is 20.0. The summed E-state index contributed by atoms with van der Waals surface area (Å²) < 4.78 is 8.42. The van der Waals surface area contributed by atoms with Gasteiger partial charge in [-0.05, 0) is 36.2 Å². The minimum absolute atomic E-state index is 0.0656. The Morgan fingerprint density at radius 2 is 1.97 bits per heavy atom. The molecule has 0 bridgehead atoms. The Labute approximate surface area is 206 Å². The highest BCUT2D eigenvalue weighted by molar-refractivity contribution is 9.10. The third kappa shape index (κ3) is 4.97. The predicted octanol–water partition coefficient (Wildman–Crippen LogP) is 4.72. The molecule has 1 aromatic heterocycles. The fourth-order valence-corrected chi connectivity index (χ4v) is 4.26. The molecule has 2 aromatic carbocycles. The van der Waals surface area contributed by atoms with Crippen molar-refractivity contribution in [2.75, 3.05) is 13.2 Å². The molecule has 0 saturated carbocycles. The van der Waals surface area contributed by atoms with Gasteiger partial charge in [0.25, 0.3) is 11.7 Å². The number of hydrogen-bond acceptors (Lipinski definition) is 5. The molecule has 1 unspecified atom stereocenters. The highest BCUT2D eigenvalue weighted by atomic mass is 79.9. The van der Waals surface area contributed by atoms with Crippen molar-refractivity contribution in [3.8, 4) is 5.75 Å². The lowest BCUT2D eigenvalue weighted by molar-refractivity contribution is -0.139. The third-order valence-corrected chi connectivity index (χ3v) is 6.10. The minimum Gasteiger partial charge on any atom is -0.507 e. The number of hydrogen-bond donors (Lipinski definition) is 1. The van der Waals surface area contributed by atoms with Crippen LogP contribution in [0.15, 0.2) is 90.0 Å². The zero-order valence-electron chi connectivity index (χ0n) is 18.4. The molecule has 1 amide bonds. The van der Waals surface area contributed by atoms with E-state index in [1.54, 1.807) is 61.1 Å². The molecule has 8 heteroatoms. The largest absolute Gasteiger partial charge is 0.507 e. The Morgan fingerprint density at radius 3 is 2.68 bits per heavy atom. The molecule has 0 aliphatic carbocycles. The van der Waals surface area contributed by atoms with Gasteiger partial charge in [-0.15, -0.1) is 0 Å². The summed E-state index contributed by atoms with van der Waals surface area (Å²) in [6.07, 6.45) is 7.51. The molecule has 0 spiro atoms. The van der Waals surface area contributed by atoms with Gasteiger partial charge in [-0.1, -0.05) is 52.9 Å². The van der Waals surface area contributed by atoms with Gasteiger partial charge >= 0.3 is 0 Å². The normalized spacial score (nSPS) is 17.2. The number of aliphatic hydroxyl groups is 1.